The van der Waals surface area contributed by atoms with Crippen molar-refractivity contribution in [2.45, 2.75) is 37.4 Å². The normalized spacial score (nSPS) is 34.1. The van der Waals surface area contributed by atoms with Crippen LogP contribution in [0.3, 0.4) is 0 Å². The van der Waals surface area contributed by atoms with Gasteiger partial charge in [-0.1, -0.05) is 0 Å². The van der Waals surface area contributed by atoms with Gasteiger partial charge < -0.3 is 35.9 Å². The molecule has 1 aromatic rings. The minimum Gasteiger partial charge on any atom is -0.394 e. The summed E-state index contributed by atoms with van der Waals surface area (Å²) in [7, 11) is 0. The van der Waals surface area contributed by atoms with Gasteiger partial charge in [-0.2, -0.15) is 4.98 Å². The summed E-state index contributed by atoms with van der Waals surface area (Å²) < 4.78 is 5.27. The van der Waals surface area contributed by atoms with Crippen LogP contribution in [0.15, 0.2) is 4.79 Å². The highest BCUT2D eigenvalue weighted by molar-refractivity contribution is 5.40. The van der Waals surface area contributed by atoms with E-state index in [4.69, 9.17) is 15.6 Å². The second-order valence-corrected chi connectivity index (χ2v) is 4.70. The van der Waals surface area contributed by atoms with Gasteiger partial charge in [0.05, 0.1) is 12.2 Å². The molecular weight excluding hydrogens is 270 g/mol. The molecular formula is C11H17N3O6. The summed E-state index contributed by atoms with van der Waals surface area (Å²) in [4.78, 5) is 18.2. The summed E-state index contributed by atoms with van der Waals surface area (Å²) >= 11 is 0. The Morgan fingerprint density at radius 3 is 2.50 bits per heavy atom. The Morgan fingerprint density at radius 1 is 1.30 bits per heavy atom. The second-order valence-electron chi connectivity index (χ2n) is 4.70. The fourth-order valence-electron chi connectivity index (χ4n) is 2.23. The summed E-state index contributed by atoms with van der Waals surface area (Å²) in [6, 6.07) is 0. The van der Waals surface area contributed by atoms with E-state index in [0.29, 0.717) is 5.82 Å². The molecule has 20 heavy (non-hydrogen) atoms. The Labute approximate surface area is 113 Å². The number of nitrogens with zero attached hydrogens (tertiary/aromatic N) is 1. The number of H-pyrrole nitrogens is 1. The van der Waals surface area contributed by atoms with Crippen LogP contribution >= 0.6 is 0 Å². The van der Waals surface area contributed by atoms with Crippen molar-refractivity contribution in [3.05, 3.63) is 21.7 Å². The van der Waals surface area contributed by atoms with Gasteiger partial charge in [-0.15, -0.1) is 0 Å². The van der Waals surface area contributed by atoms with Gasteiger partial charge in [0.15, 0.2) is 0 Å². The fourth-order valence-corrected chi connectivity index (χ4v) is 2.23. The molecule has 0 aromatic carbocycles. The van der Waals surface area contributed by atoms with Gasteiger partial charge in [-0.25, -0.2) is 0 Å². The Morgan fingerprint density at radius 2 is 1.95 bits per heavy atom. The summed E-state index contributed by atoms with van der Waals surface area (Å²) in [5.41, 5.74) is 4.84. The molecule has 0 amide bonds. The van der Waals surface area contributed by atoms with Gasteiger partial charge in [0.1, 0.15) is 42.2 Å². The van der Waals surface area contributed by atoms with Crippen molar-refractivity contribution in [1.29, 1.82) is 0 Å². The maximum absolute atomic E-state index is 11.9. The van der Waals surface area contributed by atoms with Crippen molar-refractivity contribution in [1.82, 2.24) is 9.97 Å². The maximum Gasteiger partial charge on any atom is 0.280 e. The number of anilines is 1. The fraction of sp³-hybridized carbons (Fsp3) is 0.636. The van der Waals surface area contributed by atoms with Crippen LogP contribution in [0.1, 0.15) is 17.5 Å². The van der Waals surface area contributed by atoms with Gasteiger partial charge in [-0.05, 0) is 6.92 Å². The van der Waals surface area contributed by atoms with E-state index in [-0.39, 0.29) is 11.4 Å². The zero-order chi connectivity index (χ0) is 15.0. The van der Waals surface area contributed by atoms with Crippen LogP contribution in [0.5, 0.6) is 0 Å². The maximum atomic E-state index is 11.9. The smallest absolute Gasteiger partial charge is 0.280 e. The second kappa shape index (κ2) is 5.46. The van der Waals surface area contributed by atoms with Crippen LogP contribution in [0.2, 0.25) is 0 Å². The van der Waals surface area contributed by atoms with Crippen LogP contribution < -0.4 is 11.3 Å². The van der Waals surface area contributed by atoms with E-state index in [1.54, 1.807) is 0 Å². The third kappa shape index (κ3) is 2.41. The SMILES string of the molecule is Cc1nc(=O)c([C@@H]2O[C@H](CO)[C@@H](O)[C@H](O)[C@@H]2O)c(N)[nH]1. The topological polar surface area (TPSA) is 162 Å². The Balaban J connectivity index is 2.44. The molecule has 2 rings (SSSR count). The van der Waals surface area contributed by atoms with Gasteiger partial charge in [0.2, 0.25) is 0 Å². The summed E-state index contributed by atoms with van der Waals surface area (Å²) in [5, 5.41) is 38.4. The van der Waals surface area contributed by atoms with Crippen molar-refractivity contribution in [3.63, 3.8) is 0 Å². The molecule has 9 nitrogen and oxygen atoms in total. The number of ether oxygens (including phenoxy) is 1. The molecule has 1 aliphatic rings. The van der Waals surface area contributed by atoms with Crippen LogP contribution in [-0.4, -0.2) is 61.4 Å². The minimum absolute atomic E-state index is 0.0492. The molecule has 1 fully saturated rings. The number of nitrogens with two attached hydrogens (primary N) is 1. The molecule has 0 bridgehead atoms. The molecule has 0 saturated carbocycles. The largest absolute Gasteiger partial charge is 0.394 e. The van der Waals surface area contributed by atoms with Gasteiger partial charge in [0, 0.05) is 0 Å². The third-order valence-corrected chi connectivity index (χ3v) is 3.28. The van der Waals surface area contributed by atoms with E-state index < -0.39 is 42.7 Å². The number of nitrogen functional groups attached to an aromatic ring is 1. The molecule has 9 heteroatoms. The lowest BCUT2D eigenvalue weighted by molar-refractivity contribution is -0.231. The first-order chi connectivity index (χ1) is 9.36. The first kappa shape index (κ1) is 14.9. The molecule has 1 saturated heterocycles. The van der Waals surface area contributed by atoms with E-state index in [1.165, 1.54) is 6.92 Å². The number of aliphatic hydroxyl groups excluding tert-OH is 4. The molecule has 0 spiro atoms. The number of rotatable bonds is 2. The number of aromatic amines is 1. The molecule has 0 radical (unpaired) electrons. The molecule has 112 valence electrons. The van der Waals surface area contributed by atoms with Crippen LogP contribution in [0, 0.1) is 6.92 Å². The predicted molar refractivity (Wildman–Crippen MR) is 66.7 cm³/mol. The molecule has 0 aliphatic carbocycles. The molecule has 0 unspecified atom stereocenters. The van der Waals surface area contributed by atoms with E-state index in [0.717, 1.165) is 0 Å². The van der Waals surface area contributed by atoms with Crippen LogP contribution in [0.4, 0.5) is 5.82 Å². The van der Waals surface area contributed by atoms with Crippen molar-refractivity contribution in [2.75, 3.05) is 12.3 Å². The molecule has 1 aromatic heterocycles. The third-order valence-electron chi connectivity index (χ3n) is 3.28. The lowest BCUT2D eigenvalue weighted by atomic mass is 9.92. The van der Waals surface area contributed by atoms with E-state index >= 15 is 0 Å². The molecule has 7 N–H and O–H groups in total. The minimum atomic E-state index is -1.58. The van der Waals surface area contributed by atoms with Crippen molar-refractivity contribution < 1.29 is 25.2 Å². The first-order valence-electron chi connectivity index (χ1n) is 6.03. The van der Waals surface area contributed by atoms with Gasteiger partial charge in [0.25, 0.3) is 5.56 Å². The standard InChI is InChI=1S/C11H17N3O6/c1-3-13-10(12)5(11(19)14-3)9-8(18)7(17)6(16)4(2-15)20-9/h4,6-9,15-18H,2H2,1H3,(H3,12,13,14,19)/t4-,6-,7+,8+,9+/m1/s1. The highest BCUT2D eigenvalue weighted by Crippen LogP contribution is 2.32. The number of nitrogens with one attached hydrogen (secondary N) is 1. The van der Waals surface area contributed by atoms with Crippen molar-refractivity contribution in [3.8, 4) is 0 Å². The van der Waals surface area contributed by atoms with E-state index in [1.807, 2.05) is 0 Å². The van der Waals surface area contributed by atoms with Gasteiger partial charge >= 0.3 is 0 Å². The lowest BCUT2D eigenvalue weighted by Gasteiger charge is -2.40. The number of hydrogen-bond donors (Lipinski definition) is 6. The van der Waals surface area contributed by atoms with E-state index in [9.17, 15) is 20.1 Å². The summed E-state index contributed by atoms with van der Waals surface area (Å²) in [6.45, 7) is 0.952. The van der Waals surface area contributed by atoms with E-state index in [2.05, 4.69) is 9.97 Å². The monoisotopic (exact) mass is 287 g/mol. The average Bonchev–Trinajstić information content (AvgIpc) is 2.37. The predicted octanol–water partition coefficient (Wildman–Crippen LogP) is -2.82. The Kier molecular flexibility index (Phi) is 4.06. The van der Waals surface area contributed by atoms with Crippen molar-refractivity contribution >= 4 is 5.82 Å². The highest BCUT2D eigenvalue weighted by atomic mass is 16.5. The summed E-state index contributed by atoms with van der Waals surface area (Å²) in [5.74, 6) is 0.243. The molecule has 2 heterocycles. The van der Waals surface area contributed by atoms with Crippen LogP contribution in [-0.2, 0) is 4.74 Å². The Hall–Kier alpha value is -1.52. The average molecular weight is 287 g/mol. The zero-order valence-electron chi connectivity index (χ0n) is 10.7. The number of aliphatic hydroxyl groups is 4. The Bertz CT molecular complexity index is 545. The van der Waals surface area contributed by atoms with Crippen LogP contribution in [0.25, 0.3) is 0 Å². The highest BCUT2D eigenvalue weighted by Gasteiger charge is 2.45. The lowest BCUT2D eigenvalue weighted by Crippen LogP contribution is -2.56. The van der Waals surface area contributed by atoms with Crippen molar-refractivity contribution in [2.24, 2.45) is 0 Å². The zero-order valence-corrected chi connectivity index (χ0v) is 10.7. The van der Waals surface area contributed by atoms with Gasteiger partial charge in [-0.3, -0.25) is 4.79 Å². The quantitative estimate of drug-likeness (QED) is 0.339. The number of hydrogen-bond acceptors (Lipinski definition) is 8. The number of aryl methyl sites for hydroxylation is 1. The molecule has 5 atom stereocenters. The first-order valence-corrected chi connectivity index (χ1v) is 6.03. The number of aromatic nitrogens is 2. The molecule has 1 aliphatic heterocycles. The summed E-state index contributed by atoms with van der Waals surface area (Å²) in [6.07, 6.45) is -7.04.